The molecule has 8 nitrogen and oxygen atoms in total. The third-order valence-electron chi connectivity index (χ3n) is 3.62. The molecule has 0 radical (unpaired) electrons. The van der Waals surface area contributed by atoms with Crippen LogP contribution in [0.5, 0.6) is 0 Å². The molecule has 2 N–H and O–H groups in total. The van der Waals surface area contributed by atoms with Crippen molar-refractivity contribution in [2.45, 2.75) is 31.7 Å². The Morgan fingerprint density at radius 2 is 1.96 bits per heavy atom. The van der Waals surface area contributed by atoms with Crippen molar-refractivity contribution in [2.75, 3.05) is 18.8 Å². The summed E-state index contributed by atoms with van der Waals surface area (Å²) in [5.74, 6) is -1.23. The van der Waals surface area contributed by atoms with Crippen molar-refractivity contribution in [1.82, 2.24) is 10.2 Å². The van der Waals surface area contributed by atoms with Crippen LogP contribution in [0, 0.1) is 0 Å². The Labute approximate surface area is 143 Å². The quantitative estimate of drug-likeness (QED) is 0.451. The van der Waals surface area contributed by atoms with Gasteiger partial charge in [-0.25, -0.2) is 4.79 Å². The van der Waals surface area contributed by atoms with E-state index in [9.17, 15) is 19.2 Å². The molecule has 0 saturated heterocycles. The molecule has 0 fully saturated rings. The minimum absolute atomic E-state index is 0.118. The van der Waals surface area contributed by atoms with Crippen LogP contribution in [0.1, 0.15) is 25.7 Å². The van der Waals surface area contributed by atoms with Gasteiger partial charge in [-0.2, -0.15) is 0 Å². The summed E-state index contributed by atoms with van der Waals surface area (Å²) in [4.78, 5) is 50.4. The van der Waals surface area contributed by atoms with Crippen molar-refractivity contribution in [2.24, 2.45) is 4.99 Å². The molecule has 0 aromatic rings. The molecule has 2 rings (SSSR count). The van der Waals surface area contributed by atoms with E-state index in [-0.39, 0.29) is 24.3 Å². The maximum atomic E-state index is 11.7. The van der Waals surface area contributed by atoms with Crippen molar-refractivity contribution in [3.05, 3.63) is 12.2 Å². The van der Waals surface area contributed by atoms with Gasteiger partial charge in [-0.05, 0) is 12.8 Å². The predicted molar refractivity (Wildman–Crippen MR) is 88.7 cm³/mol. The Kier molecular flexibility index (Phi) is 6.53. The molecule has 0 spiro atoms. The highest BCUT2D eigenvalue weighted by molar-refractivity contribution is 8.14. The number of carbonyl (C=O) groups excluding carboxylic acids is 3. The average Bonchev–Trinajstić information content (AvgIpc) is 3.14. The van der Waals surface area contributed by atoms with Gasteiger partial charge in [-0.1, -0.05) is 6.42 Å². The molecule has 9 heteroatoms. The normalized spacial score (nSPS) is 19.8. The molecule has 3 amide bonds. The van der Waals surface area contributed by atoms with Crippen LogP contribution < -0.4 is 5.32 Å². The third kappa shape index (κ3) is 5.19. The number of aliphatic carboxylic acids is 1. The molecule has 1 atom stereocenters. The average molecular weight is 353 g/mol. The van der Waals surface area contributed by atoms with E-state index in [1.807, 2.05) is 0 Å². The number of thioether (sulfide) groups is 1. The number of nitrogens with zero attached hydrogens (tertiary/aromatic N) is 2. The summed E-state index contributed by atoms with van der Waals surface area (Å²) in [5, 5.41) is 12.2. The second kappa shape index (κ2) is 8.62. The summed E-state index contributed by atoms with van der Waals surface area (Å²) < 4.78 is 0. The van der Waals surface area contributed by atoms with Crippen LogP contribution in [-0.2, 0) is 19.2 Å². The molecule has 24 heavy (non-hydrogen) atoms. The number of carboxylic acids is 1. The second-order valence-electron chi connectivity index (χ2n) is 5.44. The number of hydrogen-bond donors (Lipinski definition) is 2. The Hall–Kier alpha value is -2.16. The summed E-state index contributed by atoms with van der Waals surface area (Å²) in [5.41, 5.74) is 0. The largest absolute Gasteiger partial charge is 0.480 e. The summed E-state index contributed by atoms with van der Waals surface area (Å²) >= 11 is 1.35. The van der Waals surface area contributed by atoms with Gasteiger partial charge in [0.2, 0.25) is 5.91 Å². The minimum Gasteiger partial charge on any atom is -0.480 e. The van der Waals surface area contributed by atoms with E-state index < -0.39 is 12.0 Å². The Bertz CT molecular complexity index is 584. The van der Waals surface area contributed by atoms with Crippen LogP contribution >= 0.6 is 11.8 Å². The Morgan fingerprint density at radius 1 is 1.25 bits per heavy atom. The summed E-state index contributed by atoms with van der Waals surface area (Å²) in [6.07, 6.45) is 4.92. The highest BCUT2D eigenvalue weighted by atomic mass is 32.2. The lowest BCUT2D eigenvalue weighted by Gasteiger charge is -2.13. The molecule has 0 aromatic carbocycles. The number of aliphatic imine (C=N–C) groups is 1. The third-order valence-corrected chi connectivity index (χ3v) is 4.68. The highest BCUT2D eigenvalue weighted by Crippen LogP contribution is 2.17. The fourth-order valence-electron chi connectivity index (χ4n) is 2.29. The summed E-state index contributed by atoms with van der Waals surface area (Å²) in [6.45, 7) is 0.631. The lowest BCUT2D eigenvalue weighted by molar-refractivity contribution is -0.138. The van der Waals surface area contributed by atoms with Crippen molar-refractivity contribution in [3.8, 4) is 0 Å². The number of amides is 3. The van der Waals surface area contributed by atoms with Crippen molar-refractivity contribution in [3.63, 3.8) is 0 Å². The summed E-state index contributed by atoms with van der Waals surface area (Å²) in [7, 11) is 0. The van der Waals surface area contributed by atoms with Gasteiger partial charge in [0.05, 0.1) is 11.6 Å². The first-order valence-corrected chi connectivity index (χ1v) is 8.68. The molecule has 0 saturated carbocycles. The van der Waals surface area contributed by atoms with Crippen LogP contribution in [0.3, 0.4) is 0 Å². The lowest BCUT2D eigenvalue weighted by atomic mass is 10.2. The number of imide groups is 1. The molecule has 2 aliphatic rings. The van der Waals surface area contributed by atoms with Crippen LogP contribution in [0.2, 0.25) is 0 Å². The molecule has 0 aromatic heterocycles. The molecule has 0 aliphatic carbocycles. The van der Waals surface area contributed by atoms with Crippen molar-refractivity contribution < 1.29 is 24.3 Å². The zero-order valence-corrected chi connectivity index (χ0v) is 13.9. The molecule has 0 bridgehead atoms. The number of carboxylic acid groups (broad SMARTS) is 1. The van der Waals surface area contributed by atoms with Gasteiger partial charge in [0.1, 0.15) is 0 Å². The van der Waals surface area contributed by atoms with E-state index >= 15 is 0 Å². The van der Waals surface area contributed by atoms with Crippen molar-refractivity contribution in [1.29, 1.82) is 0 Å². The second-order valence-corrected chi connectivity index (χ2v) is 6.53. The number of carbonyl (C=O) groups is 4. The fraction of sp³-hybridized carbons (Fsp3) is 0.533. The Morgan fingerprint density at radius 3 is 2.58 bits per heavy atom. The van der Waals surface area contributed by atoms with Gasteiger partial charge >= 0.3 is 5.97 Å². The Balaban J connectivity index is 1.54. The van der Waals surface area contributed by atoms with Gasteiger partial charge in [-0.3, -0.25) is 24.3 Å². The van der Waals surface area contributed by atoms with E-state index in [4.69, 9.17) is 5.11 Å². The number of nitrogens with one attached hydrogen (secondary N) is 1. The monoisotopic (exact) mass is 353 g/mol. The SMILES string of the molecule is O=C(CCCCCN1C(=O)C=CC1=O)NCC1=NC(C(=O)O)CS1. The van der Waals surface area contributed by atoms with Crippen LogP contribution in [0.25, 0.3) is 0 Å². The van der Waals surface area contributed by atoms with E-state index in [1.54, 1.807) is 0 Å². The molecular weight excluding hydrogens is 334 g/mol. The number of unbranched alkanes of at least 4 members (excludes halogenated alkanes) is 2. The maximum absolute atomic E-state index is 11.7. The zero-order valence-electron chi connectivity index (χ0n) is 13.1. The zero-order chi connectivity index (χ0) is 17.5. The van der Waals surface area contributed by atoms with Crippen LogP contribution in [0.15, 0.2) is 17.1 Å². The van der Waals surface area contributed by atoms with Gasteiger partial charge in [-0.15, -0.1) is 11.8 Å². The first-order valence-electron chi connectivity index (χ1n) is 7.70. The minimum atomic E-state index is -0.950. The van der Waals surface area contributed by atoms with Crippen molar-refractivity contribution >= 4 is 40.5 Å². The van der Waals surface area contributed by atoms with E-state index in [2.05, 4.69) is 10.3 Å². The van der Waals surface area contributed by atoms with Gasteiger partial charge < -0.3 is 10.4 Å². The van der Waals surface area contributed by atoms with E-state index in [0.717, 1.165) is 6.42 Å². The summed E-state index contributed by atoms with van der Waals surface area (Å²) in [6, 6.07) is -0.715. The van der Waals surface area contributed by atoms with Crippen LogP contribution in [-0.4, -0.2) is 63.6 Å². The lowest BCUT2D eigenvalue weighted by Crippen LogP contribution is -2.31. The van der Waals surface area contributed by atoms with Crippen LogP contribution in [0.4, 0.5) is 0 Å². The van der Waals surface area contributed by atoms with E-state index in [1.165, 1.54) is 28.8 Å². The van der Waals surface area contributed by atoms with Gasteiger partial charge in [0, 0.05) is 30.9 Å². The topological polar surface area (TPSA) is 116 Å². The first-order chi connectivity index (χ1) is 11.5. The van der Waals surface area contributed by atoms with Gasteiger partial charge in [0.15, 0.2) is 6.04 Å². The standard InChI is InChI=1S/C15H19N3O5S/c19-11(16-8-12-17-10(9-24-12)15(22)23)4-2-1-3-7-18-13(20)5-6-14(18)21/h5-6,10H,1-4,7-9H2,(H,16,19)(H,22,23). The maximum Gasteiger partial charge on any atom is 0.329 e. The number of hydrogen-bond acceptors (Lipinski definition) is 6. The fourth-order valence-corrected chi connectivity index (χ4v) is 3.24. The molecule has 2 aliphatic heterocycles. The van der Waals surface area contributed by atoms with E-state index in [0.29, 0.717) is 36.6 Å². The first kappa shape index (κ1) is 18.2. The highest BCUT2D eigenvalue weighted by Gasteiger charge is 2.24. The molecule has 1 unspecified atom stereocenters. The van der Waals surface area contributed by atoms with Gasteiger partial charge in [0.25, 0.3) is 11.8 Å². The predicted octanol–water partition coefficient (Wildman–Crippen LogP) is 0.187. The molecule has 2 heterocycles. The number of rotatable bonds is 9. The molecular formula is C15H19N3O5S. The smallest absolute Gasteiger partial charge is 0.329 e. The molecule has 130 valence electrons.